The van der Waals surface area contributed by atoms with Gasteiger partial charge in [-0.1, -0.05) is 6.07 Å². The molecule has 4 heteroatoms. The van der Waals surface area contributed by atoms with Crippen LogP contribution in [0.5, 0.6) is 0 Å². The van der Waals surface area contributed by atoms with E-state index in [0.717, 1.165) is 31.9 Å². The Kier molecular flexibility index (Phi) is 5.73. The zero-order valence-corrected chi connectivity index (χ0v) is 13.9. The molecule has 1 N–H and O–H groups in total. The number of hydrogen-bond donors (Lipinski definition) is 1. The summed E-state index contributed by atoms with van der Waals surface area (Å²) in [7, 11) is 3.76. The third kappa shape index (κ3) is 4.25. The van der Waals surface area contributed by atoms with E-state index in [1.807, 2.05) is 7.05 Å². The summed E-state index contributed by atoms with van der Waals surface area (Å²) in [6.07, 6.45) is 2.39. The van der Waals surface area contributed by atoms with Crippen molar-refractivity contribution in [3.63, 3.8) is 0 Å². The Labute approximate surface area is 128 Å². The van der Waals surface area contributed by atoms with E-state index in [-0.39, 0.29) is 5.54 Å². The molecular weight excluding hydrogens is 262 g/mol. The van der Waals surface area contributed by atoms with E-state index in [2.05, 4.69) is 42.3 Å². The van der Waals surface area contributed by atoms with Crippen molar-refractivity contribution in [3.05, 3.63) is 29.6 Å². The Morgan fingerprint density at radius 2 is 2.05 bits per heavy atom. The van der Waals surface area contributed by atoms with Crippen molar-refractivity contribution >= 4 is 0 Å². The smallest absolute Gasteiger partial charge is 0.0602 e. The lowest BCUT2D eigenvalue weighted by Crippen LogP contribution is -2.36. The minimum atomic E-state index is -0.0742. The summed E-state index contributed by atoms with van der Waals surface area (Å²) >= 11 is 0. The molecule has 21 heavy (non-hydrogen) atoms. The van der Waals surface area contributed by atoms with Crippen LogP contribution in [0, 0.1) is 0 Å². The summed E-state index contributed by atoms with van der Waals surface area (Å²) in [5.74, 6) is 0.594. The van der Waals surface area contributed by atoms with Gasteiger partial charge in [-0.15, -0.1) is 0 Å². The SMILES string of the molecule is CNC(C)(C)c1cccc(C2CCN(CCOC)CC2)n1. The molecule has 2 rings (SSSR count). The first-order chi connectivity index (χ1) is 10.1. The van der Waals surface area contributed by atoms with Gasteiger partial charge in [0.25, 0.3) is 0 Å². The maximum atomic E-state index is 5.16. The minimum Gasteiger partial charge on any atom is -0.383 e. The molecule has 0 atom stereocenters. The van der Waals surface area contributed by atoms with Gasteiger partial charge in [-0.3, -0.25) is 4.98 Å². The summed E-state index contributed by atoms with van der Waals surface area (Å²) in [6.45, 7) is 8.52. The average Bonchev–Trinajstić information content (AvgIpc) is 2.53. The Morgan fingerprint density at radius 3 is 2.67 bits per heavy atom. The van der Waals surface area contributed by atoms with Crippen molar-refractivity contribution in [1.82, 2.24) is 15.2 Å². The molecule has 0 amide bonds. The van der Waals surface area contributed by atoms with Gasteiger partial charge in [0.05, 0.1) is 17.8 Å². The number of pyridine rings is 1. The van der Waals surface area contributed by atoms with Crippen LogP contribution in [0.2, 0.25) is 0 Å². The summed E-state index contributed by atoms with van der Waals surface area (Å²) in [5, 5.41) is 3.33. The number of aromatic nitrogens is 1. The van der Waals surface area contributed by atoms with E-state index in [1.165, 1.54) is 18.5 Å². The van der Waals surface area contributed by atoms with Gasteiger partial charge in [0.1, 0.15) is 0 Å². The second-order valence-electron chi connectivity index (χ2n) is 6.43. The van der Waals surface area contributed by atoms with E-state index >= 15 is 0 Å². The maximum Gasteiger partial charge on any atom is 0.0602 e. The first-order valence-corrected chi connectivity index (χ1v) is 7.94. The van der Waals surface area contributed by atoms with Crippen molar-refractivity contribution in [3.8, 4) is 0 Å². The highest BCUT2D eigenvalue weighted by molar-refractivity contribution is 5.20. The number of likely N-dealkylation sites (tertiary alicyclic amines) is 1. The lowest BCUT2D eigenvalue weighted by molar-refractivity contribution is 0.129. The summed E-state index contributed by atoms with van der Waals surface area (Å²) in [4.78, 5) is 7.41. The average molecular weight is 291 g/mol. The van der Waals surface area contributed by atoms with Gasteiger partial charge in [0.2, 0.25) is 0 Å². The monoisotopic (exact) mass is 291 g/mol. The zero-order valence-electron chi connectivity index (χ0n) is 13.9. The van der Waals surface area contributed by atoms with Crippen LogP contribution in [0.3, 0.4) is 0 Å². The topological polar surface area (TPSA) is 37.4 Å². The first kappa shape index (κ1) is 16.4. The van der Waals surface area contributed by atoms with Gasteiger partial charge < -0.3 is 15.0 Å². The highest BCUT2D eigenvalue weighted by Gasteiger charge is 2.24. The third-order valence-corrected chi connectivity index (χ3v) is 4.65. The Balaban J connectivity index is 1.99. The van der Waals surface area contributed by atoms with Crippen molar-refractivity contribution < 1.29 is 4.74 Å². The van der Waals surface area contributed by atoms with Crippen LogP contribution in [0.1, 0.15) is 44.0 Å². The highest BCUT2D eigenvalue weighted by atomic mass is 16.5. The van der Waals surface area contributed by atoms with Crippen LogP contribution in [0.25, 0.3) is 0 Å². The lowest BCUT2D eigenvalue weighted by Gasteiger charge is -2.32. The number of methoxy groups -OCH3 is 1. The summed E-state index contributed by atoms with van der Waals surface area (Å²) < 4.78 is 5.16. The largest absolute Gasteiger partial charge is 0.383 e. The molecule has 0 aliphatic carbocycles. The van der Waals surface area contributed by atoms with Gasteiger partial charge >= 0.3 is 0 Å². The molecule has 118 valence electrons. The number of hydrogen-bond acceptors (Lipinski definition) is 4. The molecule has 0 saturated carbocycles. The van der Waals surface area contributed by atoms with Gasteiger partial charge in [-0.05, 0) is 59.0 Å². The predicted molar refractivity (Wildman–Crippen MR) is 86.6 cm³/mol. The van der Waals surface area contributed by atoms with Crippen LogP contribution < -0.4 is 5.32 Å². The number of nitrogens with one attached hydrogen (secondary N) is 1. The second-order valence-corrected chi connectivity index (χ2v) is 6.43. The summed E-state index contributed by atoms with van der Waals surface area (Å²) in [5.41, 5.74) is 2.31. The van der Waals surface area contributed by atoms with Gasteiger partial charge in [-0.2, -0.15) is 0 Å². The standard InChI is InChI=1S/C17H29N3O/c1-17(2,18-3)16-7-5-6-15(19-16)14-8-10-20(11-9-14)12-13-21-4/h5-7,14,18H,8-13H2,1-4H3. The molecule has 4 nitrogen and oxygen atoms in total. The molecule has 0 unspecified atom stereocenters. The van der Waals surface area contributed by atoms with E-state index in [1.54, 1.807) is 7.11 Å². The Morgan fingerprint density at radius 1 is 1.33 bits per heavy atom. The van der Waals surface area contributed by atoms with E-state index < -0.39 is 0 Å². The number of nitrogens with zero attached hydrogens (tertiary/aromatic N) is 2. The van der Waals surface area contributed by atoms with E-state index in [9.17, 15) is 0 Å². The fourth-order valence-corrected chi connectivity index (χ4v) is 2.83. The maximum absolute atomic E-state index is 5.16. The molecule has 1 aliphatic rings. The second kappa shape index (κ2) is 7.34. The molecule has 1 aromatic heterocycles. The van der Waals surface area contributed by atoms with Crippen LogP contribution in [0.4, 0.5) is 0 Å². The lowest BCUT2D eigenvalue weighted by atomic mass is 9.91. The van der Waals surface area contributed by atoms with Crippen molar-refractivity contribution in [1.29, 1.82) is 0 Å². The van der Waals surface area contributed by atoms with Crippen LogP contribution in [0.15, 0.2) is 18.2 Å². The molecule has 0 aromatic carbocycles. The molecule has 1 fully saturated rings. The number of rotatable bonds is 6. The molecule has 1 saturated heterocycles. The normalized spacial score (nSPS) is 18.1. The molecular formula is C17H29N3O. The molecule has 1 aromatic rings. The first-order valence-electron chi connectivity index (χ1n) is 7.94. The number of ether oxygens (including phenoxy) is 1. The van der Waals surface area contributed by atoms with Crippen LogP contribution >= 0.6 is 0 Å². The Hall–Kier alpha value is -0.970. The van der Waals surface area contributed by atoms with Crippen molar-refractivity contribution in [2.75, 3.05) is 40.4 Å². The molecule has 1 aliphatic heterocycles. The predicted octanol–water partition coefficient (Wildman–Crippen LogP) is 2.36. The molecule has 2 heterocycles. The van der Waals surface area contributed by atoms with Crippen molar-refractivity contribution in [2.24, 2.45) is 0 Å². The third-order valence-electron chi connectivity index (χ3n) is 4.65. The number of piperidine rings is 1. The zero-order chi connectivity index (χ0) is 15.3. The molecule has 0 radical (unpaired) electrons. The minimum absolute atomic E-state index is 0.0742. The van der Waals surface area contributed by atoms with E-state index in [0.29, 0.717) is 5.92 Å². The van der Waals surface area contributed by atoms with Crippen LogP contribution in [-0.4, -0.2) is 50.3 Å². The quantitative estimate of drug-likeness (QED) is 0.873. The van der Waals surface area contributed by atoms with Gasteiger partial charge in [0.15, 0.2) is 0 Å². The molecule has 0 spiro atoms. The summed E-state index contributed by atoms with van der Waals surface area (Å²) in [6, 6.07) is 6.45. The fraction of sp³-hybridized carbons (Fsp3) is 0.706. The Bertz CT molecular complexity index is 439. The van der Waals surface area contributed by atoms with E-state index in [4.69, 9.17) is 9.72 Å². The van der Waals surface area contributed by atoms with Crippen LogP contribution in [-0.2, 0) is 10.3 Å². The van der Waals surface area contributed by atoms with Gasteiger partial charge in [-0.25, -0.2) is 0 Å². The fourth-order valence-electron chi connectivity index (χ4n) is 2.83. The molecule has 0 bridgehead atoms. The van der Waals surface area contributed by atoms with Crippen molar-refractivity contribution in [2.45, 2.75) is 38.1 Å². The highest BCUT2D eigenvalue weighted by Crippen LogP contribution is 2.28. The van der Waals surface area contributed by atoms with Gasteiger partial charge in [0, 0.05) is 25.3 Å².